The van der Waals surface area contributed by atoms with Crippen molar-refractivity contribution < 1.29 is 5.11 Å². The highest BCUT2D eigenvalue weighted by Crippen LogP contribution is 2.29. The number of para-hydroxylation sites is 1. The number of rotatable bonds is 5. The quantitative estimate of drug-likeness (QED) is 0.758. The summed E-state index contributed by atoms with van der Waals surface area (Å²) in [5, 5.41) is 15.0. The van der Waals surface area contributed by atoms with E-state index in [4.69, 9.17) is 0 Å². The number of nitrogens with one attached hydrogen (secondary N) is 1. The molecule has 22 heavy (non-hydrogen) atoms. The summed E-state index contributed by atoms with van der Waals surface area (Å²) in [6, 6.07) is 18.4. The lowest BCUT2D eigenvalue weighted by molar-refractivity contribution is 0.132. The maximum atomic E-state index is 10.7. The number of hydrogen-bond acceptors (Lipinski definition) is 2. The molecule has 2 unspecified atom stereocenters. The van der Waals surface area contributed by atoms with E-state index in [-0.39, 0.29) is 6.04 Å². The van der Waals surface area contributed by atoms with Gasteiger partial charge in [0.05, 0.1) is 12.1 Å². The molecule has 2 aromatic carbocycles. The average Bonchev–Trinajstić information content (AvgIpc) is 2.86. The first-order chi connectivity index (χ1) is 10.7. The normalized spacial score (nSPS) is 14.1. The van der Waals surface area contributed by atoms with Crippen molar-refractivity contribution in [2.24, 2.45) is 0 Å². The van der Waals surface area contributed by atoms with Crippen LogP contribution in [0.3, 0.4) is 0 Å². The Morgan fingerprint density at radius 1 is 1.05 bits per heavy atom. The first kappa shape index (κ1) is 14.8. The Kier molecular flexibility index (Phi) is 4.27. The number of aryl methyl sites for hydroxylation is 1. The van der Waals surface area contributed by atoms with E-state index in [1.807, 2.05) is 31.3 Å². The predicted molar refractivity (Wildman–Crippen MR) is 91.2 cm³/mol. The van der Waals surface area contributed by atoms with Crippen LogP contribution in [-0.2, 0) is 0 Å². The van der Waals surface area contributed by atoms with Crippen LogP contribution >= 0.6 is 0 Å². The van der Waals surface area contributed by atoms with Gasteiger partial charge in [-0.3, -0.25) is 0 Å². The minimum atomic E-state index is -0.498. The number of hydrogen-bond donors (Lipinski definition) is 2. The molecule has 114 valence electrons. The zero-order valence-corrected chi connectivity index (χ0v) is 13.0. The Labute approximate surface area is 131 Å². The molecule has 3 nitrogen and oxygen atoms in total. The van der Waals surface area contributed by atoms with E-state index in [0.717, 1.165) is 11.1 Å². The van der Waals surface area contributed by atoms with Crippen LogP contribution < -0.4 is 5.32 Å². The fourth-order valence-corrected chi connectivity index (χ4v) is 3.15. The van der Waals surface area contributed by atoms with Gasteiger partial charge in [0.25, 0.3) is 0 Å². The molecule has 0 fully saturated rings. The summed E-state index contributed by atoms with van der Waals surface area (Å²) in [4.78, 5) is 0. The molecular weight excluding hydrogens is 272 g/mol. The van der Waals surface area contributed by atoms with Crippen molar-refractivity contribution in [3.8, 4) is 0 Å². The third-order valence-electron chi connectivity index (χ3n) is 4.16. The van der Waals surface area contributed by atoms with E-state index in [2.05, 4.69) is 53.3 Å². The summed E-state index contributed by atoms with van der Waals surface area (Å²) in [5.41, 5.74) is 3.50. The monoisotopic (exact) mass is 294 g/mol. The van der Waals surface area contributed by atoms with Crippen molar-refractivity contribution in [2.45, 2.75) is 19.1 Å². The van der Waals surface area contributed by atoms with Gasteiger partial charge in [-0.1, -0.05) is 48.5 Å². The van der Waals surface area contributed by atoms with Crippen molar-refractivity contribution in [1.29, 1.82) is 0 Å². The second-order valence-electron chi connectivity index (χ2n) is 5.72. The molecule has 0 bridgehead atoms. The van der Waals surface area contributed by atoms with E-state index in [1.54, 1.807) is 0 Å². The summed E-state index contributed by atoms with van der Waals surface area (Å²) >= 11 is 0. The van der Waals surface area contributed by atoms with Crippen LogP contribution in [0.25, 0.3) is 10.9 Å². The number of aliphatic hydroxyl groups excluding tert-OH is 1. The maximum absolute atomic E-state index is 10.7. The summed E-state index contributed by atoms with van der Waals surface area (Å²) in [5.74, 6) is 0. The molecule has 3 aromatic rings. The third kappa shape index (κ3) is 2.65. The van der Waals surface area contributed by atoms with Gasteiger partial charge in [0.15, 0.2) is 0 Å². The van der Waals surface area contributed by atoms with Crippen LogP contribution in [0.15, 0.2) is 60.8 Å². The Hall–Kier alpha value is -2.10. The molecule has 0 aliphatic carbocycles. The summed E-state index contributed by atoms with van der Waals surface area (Å²) in [6.07, 6.45) is 1.64. The van der Waals surface area contributed by atoms with Crippen LogP contribution in [0.1, 0.15) is 17.2 Å². The first-order valence-electron chi connectivity index (χ1n) is 7.66. The summed E-state index contributed by atoms with van der Waals surface area (Å²) < 4.78 is 2.20. The fourth-order valence-electron chi connectivity index (χ4n) is 3.15. The highest BCUT2D eigenvalue weighted by atomic mass is 16.3. The van der Waals surface area contributed by atoms with Crippen LogP contribution in [0.4, 0.5) is 0 Å². The van der Waals surface area contributed by atoms with Gasteiger partial charge >= 0.3 is 0 Å². The average molecular weight is 294 g/mol. The molecule has 1 aromatic heterocycles. The molecule has 0 radical (unpaired) electrons. The van der Waals surface area contributed by atoms with E-state index in [1.165, 1.54) is 10.9 Å². The number of aliphatic hydroxyl groups is 1. The van der Waals surface area contributed by atoms with Gasteiger partial charge in [-0.2, -0.15) is 0 Å². The number of aromatic nitrogens is 1. The van der Waals surface area contributed by atoms with Gasteiger partial charge in [0.1, 0.15) is 0 Å². The molecular formula is C19H22N2O. The molecule has 2 atom stereocenters. The second-order valence-corrected chi connectivity index (χ2v) is 5.72. The van der Waals surface area contributed by atoms with E-state index in [0.29, 0.717) is 6.54 Å². The SMILES string of the molecule is CNCC(O)C(c1ccccc1)n1cc(C)c2ccccc21. The number of nitrogens with zero attached hydrogens (tertiary/aromatic N) is 1. The summed E-state index contributed by atoms with van der Waals surface area (Å²) in [7, 11) is 1.87. The molecule has 0 spiro atoms. The molecule has 0 saturated carbocycles. The van der Waals surface area contributed by atoms with Gasteiger partial charge in [0, 0.05) is 23.6 Å². The smallest absolute Gasteiger partial charge is 0.0912 e. The Morgan fingerprint density at radius 2 is 1.73 bits per heavy atom. The molecule has 0 aliphatic heterocycles. The Bertz CT molecular complexity index is 748. The minimum absolute atomic E-state index is 0.104. The van der Waals surface area contributed by atoms with Gasteiger partial charge in [-0.05, 0) is 31.2 Å². The standard InChI is InChI=1S/C19H22N2O/c1-14-13-21(17-11-7-6-10-16(14)17)19(18(22)12-20-2)15-8-4-3-5-9-15/h3-11,13,18-20,22H,12H2,1-2H3. The van der Waals surface area contributed by atoms with Gasteiger partial charge in [-0.25, -0.2) is 0 Å². The number of likely N-dealkylation sites (N-methyl/N-ethyl adjacent to an activating group) is 1. The molecule has 0 saturated heterocycles. The van der Waals surface area contributed by atoms with Gasteiger partial charge in [-0.15, -0.1) is 0 Å². The van der Waals surface area contributed by atoms with Crippen molar-refractivity contribution in [2.75, 3.05) is 13.6 Å². The van der Waals surface area contributed by atoms with E-state index < -0.39 is 6.10 Å². The van der Waals surface area contributed by atoms with Gasteiger partial charge in [0.2, 0.25) is 0 Å². The topological polar surface area (TPSA) is 37.2 Å². The maximum Gasteiger partial charge on any atom is 0.0912 e. The third-order valence-corrected chi connectivity index (χ3v) is 4.16. The molecule has 3 rings (SSSR count). The van der Waals surface area contributed by atoms with E-state index in [9.17, 15) is 5.11 Å². The zero-order valence-electron chi connectivity index (χ0n) is 13.0. The second kappa shape index (κ2) is 6.34. The molecule has 3 heteroatoms. The zero-order chi connectivity index (χ0) is 15.5. The predicted octanol–water partition coefficient (Wildman–Crippen LogP) is 3.12. The van der Waals surface area contributed by atoms with Crippen molar-refractivity contribution in [3.63, 3.8) is 0 Å². The number of benzene rings is 2. The van der Waals surface area contributed by atoms with Crippen LogP contribution in [0.2, 0.25) is 0 Å². The van der Waals surface area contributed by atoms with Crippen molar-refractivity contribution in [1.82, 2.24) is 9.88 Å². The number of fused-ring (bicyclic) bond motifs is 1. The fraction of sp³-hybridized carbons (Fsp3) is 0.263. The van der Waals surface area contributed by atoms with Gasteiger partial charge < -0.3 is 15.0 Å². The van der Waals surface area contributed by atoms with Crippen molar-refractivity contribution >= 4 is 10.9 Å². The molecule has 0 amide bonds. The highest BCUT2D eigenvalue weighted by Gasteiger charge is 2.24. The Morgan fingerprint density at radius 3 is 2.45 bits per heavy atom. The van der Waals surface area contributed by atoms with Crippen LogP contribution in [0.5, 0.6) is 0 Å². The first-order valence-corrected chi connectivity index (χ1v) is 7.66. The largest absolute Gasteiger partial charge is 0.389 e. The van der Waals surface area contributed by atoms with Crippen LogP contribution in [-0.4, -0.2) is 29.4 Å². The highest BCUT2D eigenvalue weighted by molar-refractivity contribution is 5.84. The lowest BCUT2D eigenvalue weighted by atomic mass is 10.0. The molecule has 0 aliphatic rings. The van der Waals surface area contributed by atoms with Crippen LogP contribution in [0, 0.1) is 6.92 Å². The Balaban J connectivity index is 2.16. The van der Waals surface area contributed by atoms with Crippen molar-refractivity contribution in [3.05, 3.63) is 71.9 Å². The minimum Gasteiger partial charge on any atom is -0.389 e. The molecule has 2 N–H and O–H groups in total. The summed E-state index contributed by atoms with van der Waals surface area (Å²) in [6.45, 7) is 2.66. The lowest BCUT2D eigenvalue weighted by Crippen LogP contribution is -2.33. The van der Waals surface area contributed by atoms with E-state index >= 15 is 0 Å². The molecule has 1 heterocycles. The lowest BCUT2D eigenvalue weighted by Gasteiger charge is -2.26.